The van der Waals surface area contributed by atoms with Crippen molar-refractivity contribution in [3.05, 3.63) is 69.1 Å². The number of allylic oxidation sites excluding steroid dienone is 1. The predicted octanol–water partition coefficient (Wildman–Crippen LogP) is 4.16. The summed E-state index contributed by atoms with van der Waals surface area (Å²) in [6, 6.07) is 12.5. The number of nitrogens with one attached hydrogen (secondary N) is 1. The first-order valence-electron chi connectivity index (χ1n) is 6.49. The molecule has 1 aliphatic heterocycles. The summed E-state index contributed by atoms with van der Waals surface area (Å²) in [7, 11) is 0. The van der Waals surface area contributed by atoms with Crippen LogP contribution in [-0.2, 0) is 0 Å². The minimum Gasteiger partial charge on any atom is -0.324 e. The molecule has 1 aromatic carbocycles. The maximum atomic E-state index is 4.34. The van der Waals surface area contributed by atoms with E-state index in [9.17, 15) is 0 Å². The first-order chi connectivity index (χ1) is 10.3. The molecule has 2 aromatic heterocycles. The highest BCUT2D eigenvalue weighted by Gasteiger charge is 2.23. The standard InChI is InChI=1S/C15H11BrN4S/c16-11-4-1-3-10(7-11)12-8-13(14-5-2-6-21-14)20-15(19-12)17-9-18-20/h1-9,13H,(H,17,18,19)/t13-/m0/s1. The van der Waals surface area contributed by atoms with E-state index < -0.39 is 0 Å². The molecule has 0 saturated carbocycles. The Morgan fingerprint density at radius 1 is 1.24 bits per heavy atom. The molecule has 0 unspecified atom stereocenters. The lowest BCUT2D eigenvalue weighted by Gasteiger charge is -2.23. The number of aromatic nitrogens is 3. The molecule has 0 amide bonds. The van der Waals surface area contributed by atoms with Crippen LogP contribution in [0.2, 0.25) is 0 Å². The summed E-state index contributed by atoms with van der Waals surface area (Å²) in [5.74, 6) is 0.769. The van der Waals surface area contributed by atoms with Crippen molar-refractivity contribution in [3.63, 3.8) is 0 Å². The molecule has 104 valence electrons. The van der Waals surface area contributed by atoms with Crippen molar-refractivity contribution < 1.29 is 0 Å². The third-order valence-electron chi connectivity index (χ3n) is 3.38. The van der Waals surface area contributed by atoms with Gasteiger partial charge in [-0.25, -0.2) is 4.68 Å². The zero-order valence-electron chi connectivity index (χ0n) is 10.9. The molecule has 0 radical (unpaired) electrons. The van der Waals surface area contributed by atoms with Gasteiger partial charge in [0, 0.05) is 15.0 Å². The Morgan fingerprint density at radius 2 is 2.19 bits per heavy atom. The van der Waals surface area contributed by atoms with E-state index in [2.05, 4.69) is 67.1 Å². The molecule has 0 saturated heterocycles. The van der Waals surface area contributed by atoms with Crippen molar-refractivity contribution in [1.82, 2.24) is 14.8 Å². The molecule has 1 aliphatic rings. The number of benzene rings is 1. The lowest BCUT2D eigenvalue weighted by Crippen LogP contribution is -2.19. The molecular weight excluding hydrogens is 348 g/mol. The molecule has 1 atom stereocenters. The Kier molecular flexibility index (Phi) is 3.12. The van der Waals surface area contributed by atoms with Gasteiger partial charge in [-0.2, -0.15) is 10.1 Å². The van der Waals surface area contributed by atoms with E-state index in [0.717, 1.165) is 21.7 Å². The third-order valence-corrected chi connectivity index (χ3v) is 4.81. The van der Waals surface area contributed by atoms with Gasteiger partial charge < -0.3 is 5.32 Å². The summed E-state index contributed by atoms with van der Waals surface area (Å²) in [4.78, 5) is 5.55. The predicted molar refractivity (Wildman–Crippen MR) is 88.2 cm³/mol. The highest BCUT2D eigenvalue weighted by Crippen LogP contribution is 2.34. The second-order valence-corrected chi connectivity index (χ2v) is 6.60. The van der Waals surface area contributed by atoms with Crippen LogP contribution in [0.1, 0.15) is 16.5 Å². The molecule has 3 heterocycles. The smallest absolute Gasteiger partial charge is 0.226 e. The Bertz CT molecular complexity index is 807. The highest BCUT2D eigenvalue weighted by atomic mass is 79.9. The van der Waals surface area contributed by atoms with Gasteiger partial charge in [0.05, 0.1) is 0 Å². The SMILES string of the molecule is Brc1cccc(C2=C[C@@H](c3cccs3)n3ncnc3N2)c1. The topological polar surface area (TPSA) is 42.7 Å². The molecule has 21 heavy (non-hydrogen) atoms. The van der Waals surface area contributed by atoms with Gasteiger partial charge in [-0.05, 0) is 35.2 Å². The molecule has 0 spiro atoms. The van der Waals surface area contributed by atoms with E-state index in [4.69, 9.17) is 0 Å². The van der Waals surface area contributed by atoms with Crippen LogP contribution in [-0.4, -0.2) is 14.8 Å². The first-order valence-corrected chi connectivity index (χ1v) is 8.16. The van der Waals surface area contributed by atoms with Gasteiger partial charge in [0.2, 0.25) is 5.95 Å². The van der Waals surface area contributed by atoms with E-state index in [-0.39, 0.29) is 6.04 Å². The summed E-state index contributed by atoms with van der Waals surface area (Å²) in [6.07, 6.45) is 3.77. The van der Waals surface area contributed by atoms with Crippen molar-refractivity contribution in [1.29, 1.82) is 0 Å². The fourth-order valence-electron chi connectivity index (χ4n) is 2.42. The molecule has 4 nitrogen and oxygen atoms in total. The average molecular weight is 359 g/mol. The maximum Gasteiger partial charge on any atom is 0.226 e. The van der Waals surface area contributed by atoms with Gasteiger partial charge in [0.25, 0.3) is 0 Å². The summed E-state index contributed by atoms with van der Waals surface area (Å²) in [5, 5.41) is 9.77. The minimum absolute atomic E-state index is 0.0812. The summed E-state index contributed by atoms with van der Waals surface area (Å²) < 4.78 is 2.97. The van der Waals surface area contributed by atoms with Crippen molar-refractivity contribution >= 4 is 38.9 Å². The highest BCUT2D eigenvalue weighted by molar-refractivity contribution is 9.10. The van der Waals surface area contributed by atoms with Gasteiger partial charge in [-0.15, -0.1) is 11.3 Å². The number of fused-ring (bicyclic) bond motifs is 1. The van der Waals surface area contributed by atoms with Crippen LogP contribution < -0.4 is 5.32 Å². The quantitative estimate of drug-likeness (QED) is 0.747. The molecule has 0 aliphatic carbocycles. The van der Waals surface area contributed by atoms with Gasteiger partial charge in [-0.3, -0.25) is 0 Å². The summed E-state index contributed by atoms with van der Waals surface area (Å²) in [5.41, 5.74) is 2.18. The Labute approximate surface area is 134 Å². The molecule has 1 N–H and O–H groups in total. The summed E-state index contributed by atoms with van der Waals surface area (Å²) >= 11 is 5.25. The molecule has 3 aromatic rings. The Balaban J connectivity index is 1.82. The first kappa shape index (κ1) is 12.8. The van der Waals surface area contributed by atoms with Crippen molar-refractivity contribution in [2.24, 2.45) is 0 Å². The van der Waals surface area contributed by atoms with Crippen LogP contribution in [0.3, 0.4) is 0 Å². The van der Waals surface area contributed by atoms with E-state index in [1.165, 1.54) is 4.88 Å². The summed E-state index contributed by atoms with van der Waals surface area (Å²) in [6.45, 7) is 0. The molecule has 0 bridgehead atoms. The normalized spacial score (nSPS) is 17.0. The number of thiophene rings is 1. The van der Waals surface area contributed by atoms with E-state index in [1.807, 2.05) is 16.8 Å². The van der Waals surface area contributed by atoms with Crippen LogP contribution in [0, 0.1) is 0 Å². The zero-order valence-corrected chi connectivity index (χ0v) is 13.3. The molecule has 4 rings (SSSR count). The van der Waals surface area contributed by atoms with Gasteiger partial charge in [0.15, 0.2) is 0 Å². The van der Waals surface area contributed by atoms with Gasteiger partial charge >= 0.3 is 0 Å². The fourth-order valence-corrected chi connectivity index (χ4v) is 3.60. The van der Waals surface area contributed by atoms with Gasteiger partial charge in [0.1, 0.15) is 12.4 Å². The second-order valence-electron chi connectivity index (χ2n) is 4.70. The second kappa shape index (κ2) is 5.13. The number of hydrogen-bond acceptors (Lipinski definition) is 4. The van der Waals surface area contributed by atoms with Crippen molar-refractivity contribution in [2.45, 2.75) is 6.04 Å². The van der Waals surface area contributed by atoms with Gasteiger partial charge in [-0.1, -0.05) is 34.1 Å². The number of halogens is 1. The Hall–Kier alpha value is -1.92. The molecular formula is C15H11BrN4S. The minimum atomic E-state index is 0.0812. The van der Waals surface area contributed by atoms with E-state index in [1.54, 1.807) is 17.7 Å². The third kappa shape index (κ3) is 2.30. The van der Waals surface area contributed by atoms with Crippen LogP contribution in [0.5, 0.6) is 0 Å². The van der Waals surface area contributed by atoms with Crippen LogP contribution in [0.25, 0.3) is 5.70 Å². The number of rotatable bonds is 2. The van der Waals surface area contributed by atoms with E-state index >= 15 is 0 Å². The lowest BCUT2D eigenvalue weighted by atomic mass is 10.1. The number of hydrogen-bond donors (Lipinski definition) is 1. The van der Waals surface area contributed by atoms with E-state index in [0.29, 0.717) is 0 Å². The van der Waals surface area contributed by atoms with Crippen LogP contribution in [0.4, 0.5) is 5.95 Å². The average Bonchev–Trinajstić information content (AvgIpc) is 3.17. The van der Waals surface area contributed by atoms with Crippen molar-refractivity contribution in [3.8, 4) is 0 Å². The Morgan fingerprint density at radius 3 is 3.00 bits per heavy atom. The number of nitrogens with zero attached hydrogens (tertiary/aromatic N) is 3. The lowest BCUT2D eigenvalue weighted by molar-refractivity contribution is 0.620. The number of anilines is 1. The van der Waals surface area contributed by atoms with Crippen LogP contribution in [0.15, 0.2) is 58.7 Å². The van der Waals surface area contributed by atoms with Crippen molar-refractivity contribution in [2.75, 3.05) is 5.32 Å². The molecule has 6 heteroatoms. The fraction of sp³-hybridized carbons (Fsp3) is 0.0667. The molecule has 0 fully saturated rings. The zero-order chi connectivity index (χ0) is 14.2. The maximum absolute atomic E-state index is 4.34. The largest absolute Gasteiger partial charge is 0.324 e. The monoisotopic (exact) mass is 358 g/mol. The van der Waals surface area contributed by atoms with Crippen LogP contribution >= 0.6 is 27.3 Å².